The lowest BCUT2D eigenvalue weighted by Gasteiger charge is -2.37. The van der Waals surface area contributed by atoms with E-state index in [9.17, 15) is 4.79 Å². The molecule has 152 valence electrons. The molecule has 0 N–H and O–H groups in total. The maximum absolute atomic E-state index is 12.2. The minimum atomic E-state index is -0.00848. The Bertz CT molecular complexity index is 1030. The van der Waals surface area contributed by atoms with Crippen molar-refractivity contribution in [1.82, 2.24) is 14.5 Å². The molecule has 0 spiro atoms. The highest BCUT2D eigenvalue weighted by Crippen LogP contribution is 2.23. The zero-order valence-electron chi connectivity index (χ0n) is 17.5. The molecule has 1 aliphatic rings. The number of para-hydroxylation sites is 2. The van der Waals surface area contributed by atoms with Crippen molar-refractivity contribution in [3.63, 3.8) is 0 Å². The highest BCUT2D eigenvalue weighted by molar-refractivity contribution is 5.74. The molecule has 2 aromatic carbocycles. The maximum atomic E-state index is 12.2. The van der Waals surface area contributed by atoms with Crippen LogP contribution in [0.15, 0.2) is 53.5 Å². The Morgan fingerprint density at radius 1 is 0.897 bits per heavy atom. The van der Waals surface area contributed by atoms with Crippen LogP contribution in [0, 0.1) is 13.8 Å². The Balaban J connectivity index is 1.27. The van der Waals surface area contributed by atoms with Crippen molar-refractivity contribution in [3.8, 4) is 0 Å². The van der Waals surface area contributed by atoms with Gasteiger partial charge in [-0.25, -0.2) is 4.98 Å². The number of nitrogens with zero attached hydrogens (tertiary/aromatic N) is 4. The summed E-state index contributed by atoms with van der Waals surface area (Å²) in [5.41, 5.74) is 5.95. The van der Waals surface area contributed by atoms with Crippen LogP contribution >= 0.6 is 0 Å². The molecule has 3 aromatic rings. The third kappa shape index (κ3) is 4.35. The van der Waals surface area contributed by atoms with E-state index < -0.39 is 0 Å². The fraction of sp³-hybridized carbons (Fsp3) is 0.417. The summed E-state index contributed by atoms with van der Waals surface area (Å²) in [6, 6.07) is 14.5. The monoisotopic (exact) mass is 390 g/mol. The number of hydrogen-bond donors (Lipinski definition) is 0. The van der Waals surface area contributed by atoms with Crippen LogP contribution in [0.1, 0.15) is 24.0 Å². The van der Waals surface area contributed by atoms with Crippen LogP contribution in [0.5, 0.6) is 0 Å². The number of piperazine rings is 1. The Morgan fingerprint density at radius 2 is 1.66 bits per heavy atom. The van der Waals surface area contributed by atoms with E-state index in [4.69, 9.17) is 0 Å². The van der Waals surface area contributed by atoms with Crippen LogP contribution in [0.2, 0.25) is 0 Å². The van der Waals surface area contributed by atoms with Crippen LogP contribution in [-0.4, -0.2) is 47.2 Å². The average molecular weight is 391 g/mol. The summed E-state index contributed by atoms with van der Waals surface area (Å²) < 4.78 is 1.86. The molecule has 1 fully saturated rings. The Labute approximate surface area is 172 Å². The standard InChI is InChI=1S/C24H30N4O/c1-19-8-7-11-22(20(19)2)27-16-14-26(15-17-27)12-5-6-13-28-23-10-4-3-9-21(23)25-18-24(28)29/h3-4,7-11,18H,5-6,12-17H2,1-2H3. The Morgan fingerprint density at radius 3 is 2.48 bits per heavy atom. The molecule has 0 aliphatic carbocycles. The smallest absolute Gasteiger partial charge is 0.269 e. The summed E-state index contributed by atoms with van der Waals surface area (Å²) in [5, 5.41) is 0. The molecule has 1 aromatic heterocycles. The molecular weight excluding hydrogens is 360 g/mol. The van der Waals surface area contributed by atoms with Gasteiger partial charge in [0.25, 0.3) is 5.56 Å². The van der Waals surface area contributed by atoms with Crippen molar-refractivity contribution in [2.24, 2.45) is 0 Å². The number of hydrogen-bond acceptors (Lipinski definition) is 4. The van der Waals surface area contributed by atoms with Crippen LogP contribution in [0.4, 0.5) is 5.69 Å². The number of fused-ring (bicyclic) bond motifs is 1. The number of aromatic nitrogens is 2. The summed E-state index contributed by atoms with van der Waals surface area (Å²) in [7, 11) is 0. The van der Waals surface area contributed by atoms with Gasteiger partial charge in [0.1, 0.15) is 0 Å². The number of anilines is 1. The van der Waals surface area contributed by atoms with E-state index in [1.165, 1.54) is 23.0 Å². The summed E-state index contributed by atoms with van der Waals surface area (Å²) >= 11 is 0. The number of aryl methyl sites for hydroxylation is 2. The van der Waals surface area contributed by atoms with Crippen LogP contribution < -0.4 is 10.5 Å². The molecule has 0 atom stereocenters. The fourth-order valence-corrected chi connectivity index (χ4v) is 4.24. The first-order valence-corrected chi connectivity index (χ1v) is 10.6. The van der Waals surface area contributed by atoms with Crippen LogP contribution in [0.25, 0.3) is 11.0 Å². The largest absolute Gasteiger partial charge is 0.369 e. The van der Waals surface area contributed by atoms with E-state index in [1.807, 2.05) is 28.8 Å². The molecule has 5 heteroatoms. The third-order valence-electron chi connectivity index (χ3n) is 6.15. The zero-order chi connectivity index (χ0) is 20.2. The van der Waals surface area contributed by atoms with E-state index in [0.717, 1.165) is 63.1 Å². The van der Waals surface area contributed by atoms with E-state index in [1.54, 1.807) is 0 Å². The van der Waals surface area contributed by atoms with Gasteiger partial charge < -0.3 is 9.47 Å². The minimum Gasteiger partial charge on any atom is -0.369 e. The number of unbranched alkanes of at least 4 members (excludes halogenated alkanes) is 1. The minimum absolute atomic E-state index is 0.00848. The lowest BCUT2D eigenvalue weighted by atomic mass is 10.1. The fourth-order valence-electron chi connectivity index (χ4n) is 4.24. The molecule has 5 nitrogen and oxygen atoms in total. The van der Waals surface area contributed by atoms with Gasteiger partial charge in [-0.2, -0.15) is 0 Å². The molecule has 0 saturated carbocycles. The SMILES string of the molecule is Cc1cccc(N2CCN(CCCCn3c(=O)cnc4ccccc43)CC2)c1C. The summed E-state index contributed by atoms with van der Waals surface area (Å²) in [6.45, 7) is 10.6. The molecule has 0 bridgehead atoms. The second kappa shape index (κ2) is 8.78. The molecule has 0 radical (unpaired) electrons. The third-order valence-corrected chi connectivity index (χ3v) is 6.15. The zero-order valence-corrected chi connectivity index (χ0v) is 17.5. The summed E-state index contributed by atoms with van der Waals surface area (Å²) in [4.78, 5) is 21.5. The first-order chi connectivity index (χ1) is 14.1. The van der Waals surface area contributed by atoms with E-state index in [-0.39, 0.29) is 5.56 Å². The van der Waals surface area contributed by atoms with Crippen molar-refractivity contribution in [2.45, 2.75) is 33.2 Å². The molecule has 1 saturated heterocycles. The number of benzene rings is 2. The molecule has 0 amide bonds. The van der Waals surface area contributed by atoms with Gasteiger partial charge in [-0.15, -0.1) is 0 Å². The summed E-state index contributed by atoms with van der Waals surface area (Å²) in [5.74, 6) is 0. The van der Waals surface area contributed by atoms with Gasteiger partial charge in [-0.3, -0.25) is 9.69 Å². The summed E-state index contributed by atoms with van der Waals surface area (Å²) in [6.07, 6.45) is 3.55. The van der Waals surface area contributed by atoms with Crippen LogP contribution in [-0.2, 0) is 6.54 Å². The van der Waals surface area contributed by atoms with Gasteiger partial charge >= 0.3 is 0 Å². The molecule has 4 rings (SSSR count). The van der Waals surface area contributed by atoms with Crippen molar-refractivity contribution in [2.75, 3.05) is 37.6 Å². The van der Waals surface area contributed by atoms with Gasteiger partial charge in [0.05, 0.1) is 17.2 Å². The van der Waals surface area contributed by atoms with Gasteiger partial charge in [-0.05, 0) is 62.6 Å². The molecular formula is C24H30N4O. The van der Waals surface area contributed by atoms with Crippen molar-refractivity contribution in [3.05, 3.63) is 70.1 Å². The van der Waals surface area contributed by atoms with Crippen molar-refractivity contribution < 1.29 is 0 Å². The molecule has 29 heavy (non-hydrogen) atoms. The van der Waals surface area contributed by atoms with Crippen LogP contribution in [0.3, 0.4) is 0 Å². The lowest BCUT2D eigenvalue weighted by molar-refractivity contribution is 0.251. The van der Waals surface area contributed by atoms with E-state index in [0.29, 0.717) is 0 Å². The highest BCUT2D eigenvalue weighted by atomic mass is 16.1. The van der Waals surface area contributed by atoms with Gasteiger partial charge in [-0.1, -0.05) is 24.3 Å². The first-order valence-electron chi connectivity index (χ1n) is 10.6. The van der Waals surface area contributed by atoms with Gasteiger partial charge in [0, 0.05) is 38.4 Å². The normalized spacial score (nSPS) is 15.2. The van der Waals surface area contributed by atoms with E-state index >= 15 is 0 Å². The molecule has 1 aliphatic heterocycles. The van der Waals surface area contributed by atoms with Crippen molar-refractivity contribution >= 4 is 16.7 Å². The highest BCUT2D eigenvalue weighted by Gasteiger charge is 2.18. The lowest BCUT2D eigenvalue weighted by Crippen LogP contribution is -2.46. The second-order valence-corrected chi connectivity index (χ2v) is 7.99. The quantitative estimate of drug-likeness (QED) is 0.603. The predicted octanol–water partition coefficient (Wildman–Crippen LogP) is 3.62. The van der Waals surface area contributed by atoms with Gasteiger partial charge in [0.2, 0.25) is 0 Å². The predicted molar refractivity (Wildman–Crippen MR) is 120 cm³/mol. The van der Waals surface area contributed by atoms with E-state index in [2.05, 4.69) is 46.8 Å². The second-order valence-electron chi connectivity index (χ2n) is 7.99. The first kappa shape index (κ1) is 19.6. The Kier molecular flexibility index (Phi) is 5.95. The van der Waals surface area contributed by atoms with Crippen molar-refractivity contribution in [1.29, 1.82) is 0 Å². The number of rotatable bonds is 6. The maximum Gasteiger partial charge on any atom is 0.269 e. The molecule has 2 heterocycles. The molecule has 0 unspecified atom stereocenters. The average Bonchev–Trinajstić information content (AvgIpc) is 2.75. The van der Waals surface area contributed by atoms with Gasteiger partial charge in [0.15, 0.2) is 0 Å². The Hall–Kier alpha value is -2.66. The topological polar surface area (TPSA) is 41.4 Å².